The lowest BCUT2D eigenvalue weighted by molar-refractivity contribution is -0.148. The molecule has 7 nitrogen and oxygen atoms in total. The number of carboxylic acids is 1. The Labute approximate surface area is 111 Å². The maximum absolute atomic E-state index is 12.1. The highest BCUT2D eigenvalue weighted by molar-refractivity contribution is 7.91. The van der Waals surface area contributed by atoms with Crippen molar-refractivity contribution in [1.82, 2.24) is 10.2 Å². The number of likely N-dealkylation sites (tertiary alicyclic amines) is 1. The van der Waals surface area contributed by atoms with Crippen LogP contribution in [-0.4, -0.2) is 67.0 Å². The van der Waals surface area contributed by atoms with E-state index in [0.29, 0.717) is 25.9 Å². The van der Waals surface area contributed by atoms with E-state index in [-0.39, 0.29) is 23.8 Å². The van der Waals surface area contributed by atoms with Crippen LogP contribution in [0.3, 0.4) is 0 Å². The predicted octanol–water partition coefficient (Wildman–Crippen LogP) is -1.16. The lowest BCUT2D eigenvalue weighted by Gasteiger charge is -2.27. The van der Waals surface area contributed by atoms with Crippen molar-refractivity contribution in [3.05, 3.63) is 0 Å². The number of carbonyl (C=O) groups excluding carboxylic acids is 1. The van der Waals surface area contributed by atoms with E-state index >= 15 is 0 Å². The Balaban J connectivity index is 1.95. The van der Waals surface area contributed by atoms with Crippen molar-refractivity contribution < 1.29 is 23.1 Å². The lowest BCUT2D eigenvalue weighted by atomic mass is 10.2. The molecule has 108 valence electrons. The monoisotopic (exact) mass is 290 g/mol. The molecule has 8 heteroatoms. The minimum absolute atomic E-state index is 0.0447. The Hall–Kier alpha value is -1.15. The summed E-state index contributed by atoms with van der Waals surface area (Å²) in [6.07, 6.45) is 1.19. The zero-order chi connectivity index (χ0) is 14.0. The number of carbonyl (C=O) groups is 2. The summed E-state index contributed by atoms with van der Waals surface area (Å²) in [7, 11) is -3.08. The molecule has 2 fully saturated rings. The molecule has 1 unspecified atom stereocenters. The second kappa shape index (κ2) is 5.46. The van der Waals surface area contributed by atoms with Crippen molar-refractivity contribution in [2.24, 2.45) is 0 Å². The largest absolute Gasteiger partial charge is 0.480 e. The average molecular weight is 290 g/mol. The highest BCUT2D eigenvalue weighted by atomic mass is 32.2. The van der Waals surface area contributed by atoms with Gasteiger partial charge in [-0.05, 0) is 12.8 Å². The number of sulfone groups is 1. The zero-order valence-corrected chi connectivity index (χ0v) is 11.4. The first-order valence-corrected chi connectivity index (χ1v) is 8.17. The van der Waals surface area contributed by atoms with E-state index in [1.807, 2.05) is 0 Å². The van der Waals surface area contributed by atoms with Gasteiger partial charge in [-0.3, -0.25) is 4.79 Å². The van der Waals surface area contributed by atoms with Crippen LogP contribution in [0.25, 0.3) is 0 Å². The Bertz CT molecular complexity index is 475. The third-order valence-electron chi connectivity index (χ3n) is 3.58. The molecular weight excluding hydrogens is 272 g/mol. The molecule has 2 saturated heterocycles. The SMILES string of the molecule is O=C(O)[C@H]1CCCN1C(=O)CC1CS(=O)(=O)CCN1. The third kappa shape index (κ3) is 3.44. The van der Waals surface area contributed by atoms with Crippen molar-refractivity contribution in [2.75, 3.05) is 24.6 Å². The Morgan fingerprint density at radius 3 is 2.74 bits per heavy atom. The van der Waals surface area contributed by atoms with Crippen LogP contribution in [0.5, 0.6) is 0 Å². The summed E-state index contributed by atoms with van der Waals surface area (Å²) in [6.45, 7) is 0.790. The molecule has 2 aliphatic rings. The van der Waals surface area contributed by atoms with Gasteiger partial charge in [0.15, 0.2) is 9.84 Å². The summed E-state index contributed by atoms with van der Waals surface area (Å²) in [5.74, 6) is -1.22. The summed E-state index contributed by atoms with van der Waals surface area (Å²) in [5.41, 5.74) is 0. The van der Waals surface area contributed by atoms with Crippen molar-refractivity contribution in [1.29, 1.82) is 0 Å². The number of hydrogen-bond acceptors (Lipinski definition) is 5. The summed E-state index contributed by atoms with van der Waals surface area (Å²) < 4.78 is 23.0. The van der Waals surface area contributed by atoms with Crippen LogP contribution >= 0.6 is 0 Å². The summed E-state index contributed by atoms with van der Waals surface area (Å²) in [5, 5.41) is 12.0. The van der Waals surface area contributed by atoms with E-state index in [0.717, 1.165) is 0 Å². The first-order chi connectivity index (χ1) is 8.89. The Morgan fingerprint density at radius 1 is 1.37 bits per heavy atom. The number of aliphatic carboxylic acids is 1. The Morgan fingerprint density at radius 2 is 2.11 bits per heavy atom. The highest BCUT2D eigenvalue weighted by Gasteiger charge is 2.35. The van der Waals surface area contributed by atoms with Crippen LogP contribution in [0.15, 0.2) is 0 Å². The number of nitrogens with zero attached hydrogens (tertiary/aromatic N) is 1. The molecule has 0 spiro atoms. The molecule has 0 bridgehead atoms. The number of nitrogens with one attached hydrogen (secondary N) is 1. The van der Waals surface area contributed by atoms with Crippen molar-refractivity contribution in [3.8, 4) is 0 Å². The van der Waals surface area contributed by atoms with Gasteiger partial charge in [0, 0.05) is 25.6 Å². The van der Waals surface area contributed by atoms with Gasteiger partial charge in [0.25, 0.3) is 0 Å². The summed E-state index contributed by atoms with van der Waals surface area (Å²) in [4.78, 5) is 24.4. The van der Waals surface area contributed by atoms with Crippen LogP contribution in [0.2, 0.25) is 0 Å². The van der Waals surface area contributed by atoms with Crippen LogP contribution in [0, 0.1) is 0 Å². The molecular formula is C11H18N2O5S. The molecule has 2 rings (SSSR count). The maximum atomic E-state index is 12.1. The second-order valence-corrected chi connectivity index (χ2v) is 7.28. The molecule has 0 saturated carbocycles. The molecule has 0 aromatic carbocycles. The van der Waals surface area contributed by atoms with Gasteiger partial charge in [0.2, 0.25) is 5.91 Å². The zero-order valence-electron chi connectivity index (χ0n) is 10.5. The molecule has 0 aromatic rings. The number of carboxylic acid groups (broad SMARTS) is 1. The number of hydrogen-bond donors (Lipinski definition) is 2. The molecule has 2 atom stereocenters. The summed E-state index contributed by atoms with van der Waals surface area (Å²) in [6, 6.07) is -1.16. The quantitative estimate of drug-likeness (QED) is 0.679. The minimum atomic E-state index is -3.08. The normalized spacial score (nSPS) is 30.2. The van der Waals surface area contributed by atoms with E-state index in [1.54, 1.807) is 0 Å². The number of amides is 1. The topological polar surface area (TPSA) is 104 Å². The van der Waals surface area contributed by atoms with Gasteiger partial charge in [-0.15, -0.1) is 0 Å². The minimum Gasteiger partial charge on any atom is -0.480 e. The number of rotatable bonds is 3. The Kier molecular flexibility index (Phi) is 4.10. The standard InChI is InChI=1S/C11H18N2O5S/c14-10(13-4-1-2-9(13)11(15)16)6-8-7-19(17,18)5-3-12-8/h8-9,12H,1-7H2,(H,15,16)/t8?,9-/m1/s1. The molecule has 0 radical (unpaired) electrons. The molecule has 2 aliphatic heterocycles. The van der Waals surface area contributed by atoms with Gasteiger partial charge in [0.1, 0.15) is 6.04 Å². The van der Waals surface area contributed by atoms with Gasteiger partial charge in [0.05, 0.1) is 11.5 Å². The van der Waals surface area contributed by atoms with E-state index < -0.39 is 27.9 Å². The smallest absolute Gasteiger partial charge is 0.326 e. The van der Waals surface area contributed by atoms with Gasteiger partial charge in [-0.2, -0.15) is 0 Å². The molecule has 19 heavy (non-hydrogen) atoms. The first-order valence-electron chi connectivity index (χ1n) is 6.35. The molecule has 2 heterocycles. The highest BCUT2D eigenvalue weighted by Crippen LogP contribution is 2.19. The fourth-order valence-corrected chi connectivity index (χ4v) is 4.09. The fraction of sp³-hybridized carbons (Fsp3) is 0.818. The van der Waals surface area contributed by atoms with E-state index in [1.165, 1.54) is 4.90 Å². The van der Waals surface area contributed by atoms with Crippen LogP contribution in [0.1, 0.15) is 19.3 Å². The predicted molar refractivity (Wildman–Crippen MR) is 67.4 cm³/mol. The molecule has 1 amide bonds. The van der Waals surface area contributed by atoms with Crippen LogP contribution < -0.4 is 5.32 Å². The molecule has 0 aliphatic carbocycles. The molecule has 0 aromatic heterocycles. The third-order valence-corrected chi connectivity index (χ3v) is 5.32. The fourth-order valence-electron chi connectivity index (χ4n) is 2.65. The second-order valence-electron chi connectivity index (χ2n) is 5.05. The van der Waals surface area contributed by atoms with Gasteiger partial charge >= 0.3 is 5.97 Å². The van der Waals surface area contributed by atoms with Gasteiger partial charge < -0.3 is 15.3 Å². The van der Waals surface area contributed by atoms with Crippen LogP contribution in [0.4, 0.5) is 0 Å². The van der Waals surface area contributed by atoms with Crippen molar-refractivity contribution in [2.45, 2.75) is 31.3 Å². The van der Waals surface area contributed by atoms with Crippen molar-refractivity contribution in [3.63, 3.8) is 0 Å². The summed E-state index contributed by atoms with van der Waals surface area (Å²) >= 11 is 0. The van der Waals surface area contributed by atoms with E-state index in [9.17, 15) is 18.0 Å². The maximum Gasteiger partial charge on any atom is 0.326 e. The molecule has 2 N–H and O–H groups in total. The van der Waals surface area contributed by atoms with E-state index in [2.05, 4.69) is 5.32 Å². The average Bonchev–Trinajstić information content (AvgIpc) is 2.76. The van der Waals surface area contributed by atoms with Gasteiger partial charge in [-0.25, -0.2) is 13.2 Å². The van der Waals surface area contributed by atoms with Crippen LogP contribution in [-0.2, 0) is 19.4 Å². The lowest BCUT2D eigenvalue weighted by Crippen LogP contribution is -2.49. The van der Waals surface area contributed by atoms with E-state index in [4.69, 9.17) is 5.11 Å². The van der Waals surface area contributed by atoms with Crippen molar-refractivity contribution >= 4 is 21.7 Å². The first kappa shape index (κ1) is 14.3. The van der Waals surface area contributed by atoms with Gasteiger partial charge in [-0.1, -0.05) is 0 Å².